The van der Waals surface area contributed by atoms with Crippen LogP contribution < -0.4 is 16.4 Å². The number of rotatable bonds is 2. The Kier molecular flexibility index (Phi) is 3.55. The lowest BCUT2D eigenvalue weighted by Crippen LogP contribution is -2.19. The zero-order valence-electron chi connectivity index (χ0n) is 11.0. The number of hydrogen-bond donors (Lipinski definition) is 3. The summed E-state index contributed by atoms with van der Waals surface area (Å²) in [5, 5.41) is 5.80. The van der Waals surface area contributed by atoms with Crippen molar-refractivity contribution in [3.63, 3.8) is 0 Å². The SMILES string of the molecule is Nc1cc2c(cc1Nc1c(F)cccc1Br)CCC(=O)N2. The number of benzene rings is 2. The van der Waals surface area contributed by atoms with Crippen molar-refractivity contribution < 1.29 is 9.18 Å². The molecular weight excluding hydrogens is 337 g/mol. The molecule has 0 spiro atoms. The second kappa shape index (κ2) is 5.37. The quantitative estimate of drug-likeness (QED) is 0.722. The molecular formula is C15H13BrFN3O. The van der Waals surface area contributed by atoms with Crippen molar-refractivity contribution in [2.45, 2.75) is 12.8 Å². The number of nitrogens with one attached hydrogen (secondary N) is 2. The highest BCUT2D eigenvalue weighted by Crippen LogP contribution is 2.35. The van der Waals surface area contributed by atoms with Gasteiger partial charge < -0.3 is 16.4 Å². The summed E-state index contributed by atoms with van der Waals surface area (Å²) in [6.45, 7) is 0. The van der Waals surface area contributed by atoms with Gasteiger partial charge >= 0.3 is 0 Å². The molecule has 0 aliphatic carbocycles. The number of amides is 1. The number of aryl methyl sites for hydroxylation is 1. The van der Waals surface area contributed by atoms with E-state index in [4.69, 9.17) is 5.73 Å². The van der Waals surface area contributed by atoms with Gasteiger partial charge in [0.2, 0.25) is 5.91 Å². The molecule has 6 heteroatoms. The molecule has 1 aliphatic rings. The van der Waals surface area contributed by atoms with Crippen molar-refractivity contribution in [1.29, 1.82) is 0 Å². The van der Waals surface area contributed by atoms with Gasteiger partial charge in [0, 0.05) is 16.6 Å². The van der Waals surface area contributed by atoms with Gasteiger partial charge in [-0.15, -0.1) is 0 Å². The van der Waals surface area contributed by atoms with Crippen LogP contribution in [0.3, 0.4) is 0 Å². The Bertz CT molecular complexity index is 713. The molecule has 0 saturated heterocycles. The van der Waals surface area contributed by atoms with Gasteiger partial charge in [-0.05, 0) is 52.2 Å². The largest absolute Gasteiger partial charge is 0.397 e. The van der Waals surface area contributed by atoms with Crippen molar-refractivity contribution in [3.8, 4) is 0 Å². The zero-order chi connectivity index (χ0) is 15.0. The first-order valence-electron chi connectivity index (χ1n) is 6.48. The second-order valence-electron chi connectivity index (χ2n) is 4.87. The lowest BCUT2D eigenvalue weighted by molar-refractivity contribution is -0.116. The summed E-state index contributed by atoms with van der Waals surface area (Å²) in [6, 6.07) is 8.30. The highest BCUT2D eigenvalue weighted by atomic mass is 79.9. The van der Waals surface area contributed by atoms with Crippen molar-refractivity contribution in [3.05, 3.63) is 46.2 Å². The Balaban J connectivity index is 1.98. The highest BCUT2D eigenvalue weighted by molar-refractivity contribution is 9.10. The van der Waals surface area contributed by atoms with Crippen molar-refractivity contribution in [1.82, 2.24) is 0 Å². The third-order valence-electron chi connectivity index (χ3n) is 3.39. The van der Waals surface area contributed by atoms with E-state index < -0.39 is 0 Å². The van der Waals surface area contributed by atoms with Crippen LogP contribution in [0.15, 0.2) is 34.8 Å². The number of para-hydroxylation sites is 1. The highest BCUT2D eigenvalue weighted by Gasteiger charge is 2.17. The van der Waals surface area contributed by atoms with E-state index in [1.807, 2.05) is 6.07 Å². The molecule has 1 aliphatic heterocycles. The van der Waals surface area contributed by atoms with Crippen LogP contribution in [0.2, 0.25) is 0 Å². The molecule has 0 aromatic heterocycles. The predicted octanol–water partition coefficient (Wildman–Crippen LogP) is 3.80. The van der Waals surface area contributed by atoms with Gasteiger partial charge in [-0.2, -0.15) is 0 Å². The van der Waals surface area contributed by atoms with E-state index in [0.717, 1.165) is 11.3 Å². The predicted molar refractivity (Wildman–Crippen MR) is 85.2 cm³/mol. The fourth-order valence-corrected chi connectivity index (χ4v) is 2.75. The Hall–Kier alpha value is -2.08. The number of fused-ring (bicyclic) bond motifs is 1. The average molecular weight is 350 g/mol. The molecule has 21 heavy (non-hydrogen) atoms. The number of nitrogens with two attached hydrogens (primary N) is 1. The molecule has 2 aromatic rings. The molecule has 4 nitrogen and oxygen atoms in total. The summed E-state index contributed by atoms with van der Waals surface area (Å²) < 4.78 is 14.5. The van der Waals surface area contributed by atoms with Gasteiger partial charge in [0.1, 0.15) is 5.82 Å². The molecule has 0 bridgehead atoms. The van der Waals surface area contributed by atoms with E-state index in [-0.39, 0.29) is 11.7 Å². The molecule has 0 radical (unpaired) electrons. The Morgan fingerprint density at radius 2 is 2.10 bits per heavy atom. The van der Waals surface area contributed by atoms with Gasteiger partial charge in [-0.3, -0.25) is 4.79 Å². The summed E-state index contributed by atoms with van der Waals surface area (Å²) in [5.41, 5.74) is 9.10. The molecule has 3 rings (SSSR count). The van der Waals surface area contributed by atoms with E-state index in [1.165, 1.54) is 6.07 Å². The molecule has 0 unspecified atom stereocenters. The number of halogens is 2. The van der Waals surface area contributed by atoms with Gasteiger partial charge in [-0.25, -0.2) is 4.39 Å². The van der Waals surface area contributed by atoms with Crippen LogP contribution in [0.1, 0.15) is 12.0 Å². The van der Waals surface area contributed by atoms with Crippen molar-refractivity contribution in [2.75, 3.05) is 16.4 Å². The van der Waals surface area contributed by atoms with Gasteiger partial charge in [0.25, 0.3) is 0 Å². The average Bonchev–Trinajstić information content (AvgIpc) is 2.43. The van der Waals surface area contributed by atoms with Crippen LogP contribution in [0.25, 0.3) is 0 Å². The van der Waals surface area contributed by atoms with Crippen molar-refractivity contribution in [2.24, 2.45) is 0 Å². The molecule has 0 atom stereocenters. The monoisotopic (exact) mass is 349 g/mol. The first-order valence-corrected chi connectivity index (χ1v) is 7.27. The summed E-state index contributed by atoms with van der Waals surface area (Å²) in [4.78, 5) is 11.4. The molecule has 1 heterocycles. The molecule has 0 saturated carbocycles. The van der Waals surface area contributed by atoms with E-state index in [0.29, 0.717) is 34.4 Å². The minimum Gasteiger partial charge on any atom is -0.397 e. The summed E-state index contributed by atoms with van der Waals surface area (Å²) >= 11 is 3.31. The normalized spacial score (nSPS) is 13.5. The van der Waals surface area contributed by atoms with Gasteiger partial charge in [-0.1, -0.05) is 6.07 Å². The topological polar surface area (TPSA) is 67.1 Å². The number of nitrogen functional groups attached to an aromatic ring is 1. The van der Waals surface area contributed by atoms with E-state index in [2.05, 4.69) is 26.6 Å². The van der Waals surface area contributed by atoms with Crippen LogP contribution in [0.5, 0.6) is 0 Å². The molecule has 2 aromatic carbocycles. The van der Waals surface area contributed by atoms with Crippen molar-refractivity contribution >= 4 is 44.6 Å². The Morgan fingerprint density at radius 1 is 1.29 bits per heavy atom. The fourth-order valence-electron chi connectivity index (χ4n) is 2.31. The maximum absolute atomic E-state index is 13.9. The minimum atomic E-state index is -0.366. The third kappa shape index (κ3) is 2.71. The summed E-state index contributed by atoms with van der Waals surface area (Å²) in [5.74, 6) is -0.380. The lowest BCUT2D eigenvalue weighted by atomic mass is 10.0. The molecule has 1 amide bonds. The van der Waals surface area contributed by atoms with Crippen LogP contribution in [-0.2, 0) is 11.2 Å². The number of carbonyl (C=O) groups excluding carboxylic acids is 1. The minimum absolute atomic E-state index is 0.0144. The van der Waals surface area contributed by atoms with E-state index in [9.17, 15) is 9.18 Å². The van der Waals surface area contributed by atoms with Crippen LogP contribution in [-0.4, -0.2) is 5.91 Å². The molecule has 108 valence electrons. The number of carbonyl (C=O) groups is 1. The smallest absolute Gasteiger partial charge is 0.224 e. The lowest BCUT2D eigenvalue weighted by Gasteiger charge is -2.20. The van der Waals surface area contributed by atoms with Gasteiger partial charge in [0.15, 0.2) is 0 Å². The third-order valence-corrected chi connectivity index (χ3v) is 4.05. The van der Waals surface area contributed by atoms with Crippen LogP contribution in [0.4, 0.5) is 27.1 Å². The maximum Gasteiger partial charge on any atom is 0.224 e. The van der Waals surface area contributed by atoms with E-state index in [1.54, 1.807) is 18.2 Å². The van der Waals surface area contributed by atoms with Crippen LogP contribution >= 0.6 is 15.9 Å². The van der Waals surface area contributed by atoms with Crippen LogP contribution in [0, 0.1) is 5.82 Å². The first-order chi connectivity index (χ1) is 10.0. The maximum atomic E-state index is 13.9. The number of hydrogen-bond acceptors (Lipinski definition) is 3. The number of anilines is 4. The molecule has 0 fully saturated rings. The Labute approximate surface area is 129 Å². The van der Waals surface area contributed by atoms with E-state index >= 15 is 0 Å². The summed E-state index contributed by atoms with van der Waals surface area (Å²) in [7, 11) is 0. The standard InChI is InChI=1S/C15H13BrFN3O/c16-9-2-1-3-10(17)15(9)20-13-6-8-4-5-14(21)19-12(8)7-11(13)18/h1-3,6-7,20H,4-5,18H2,(H,19,21). The zero-order valence-corrected chi connectivity index (χ0v) is 12.6. The summed E-state index contributed by atoms with van der Waals surface area (Å²) in [6.07, 6.45) is 1.09. The second-order valence-corrected chi connectivity index (χ2v) is 5.72. The first kappa shape index (κ1) is 13.9. The fraction of sp³-hybridized carbons (Fsp3) is 0.133. The van der Waals surface area contributed by atoms with Gasteiger partial charge in [0.05, 0.1) is 17.1 Å². The molecule has 4 N–H and O–H groups in total. The Morgan fingerprint density at radius 3 is 2.86 bits per heavy atom.